The fourth-order valence-corrected chi connectivity index (χ4v) is 6.82. The summed E-state index contributed by atoms with van der Waals surface area (Å²) in [5.41, 5.74) is 7.71. The molecule has 4 atom stereocenters. The van der Waals surface area contributed by atoms with Crippen LogP contribution in [0.1, 0.15) is 58.8 Å². The molecule has 2 heterocycles. The molecule has 2 aliphatic heterocycles. The van der Waals surface area contributed by atoms with Gasteiger partial charge in [0.2, 0.25) is 11.8 Å². The van der Waals surface area contributed by atoms with E-state index in [9.17, 15) is 28.8 Å². The summed E-state index contributed by atoms with van der Waals surface area (Å²) in [5, 5.41) is 15.6. The van der Waals surface area contributed by atoms with Gasteiger partial charge in [0.15, 0.2) is 17.8 Å². The molecule has 0 aliphatic carbocycles. The van der Waals surface area contributed by atoms with E-state index in [1.165, 1.54) is 22.3 Å². The number of benzene rings is 3. The number of amides is 4. The van der Waals surface area contributed by atoms with E-state index >= 15 is 0 Å². The number of guanidine groups is 1. The van der Waals surface area contributed by atoms with Crippen LogP contribution in [0.25, 0.3) is 0 Å². The number of ether oxygens (including phenoxy) is 2. The highest BCUT2D eigenvalue weighted by molar-refractivity contribution is 6.13. The van der Waals surface area contributed by atoms with Gasteiger partial charge in [-0.1, -0.05) is 66.7 Å². The SMILES string of the molecule is CN(CC(Cc1ccccc1)C(=O)N1CCC[C@H]1C(=O)N[C@@H](CCCNC(=N)N)C(=O)C(O[C]=O)c1c2cccc1C(=O)N2)C(=O)OCc1ccccc1. The Morgan fingerprint density at radius 1 is 1.04 bits per heavy atom. The zero-order valence-electron chi connectivity index (χ0n) is 29.9. The number of nitrogens with two attached hydrogens (primary N) is 1. The molecule has 4 amide bonds. The van der Waals surface area contributed by atoms with Crippen LogP contribution in [0, 0.1) is 11.3 Å². The van der Waals surface area contributed by atoms with Crippen LogP contribution in [-0.4, -0.2) is 90.6 Å². The summed E-state index contributed by atoms with van der Waals surface area (Å²) in [6.45, 7) is 1.89. The molecular weight excluding hydrogens is 694 g/mol. The summed E-state index contributed by atoms with van der Waals surface area (Å²) in [6.07, 6.45) is -0.697. The van der Waals surface area contributed by atoms with Gasteiger partial charge in [-0.15, -0.1) is 0 Å². The number of fused-ring (bicyclic) bond motifs is 2. The number of Topliss-reactive ketones (excluding diaryl/α,β-unsaturated/α-hetero) is 1. The zero-order chi connectivity index (χ0) is 38.6. The van der Waals surface area contributed by atoms with Crippen molar-refractivity contribution in [3.05, 3.63) is 101 Å². The molecule has 0 spiro atoms. The Balaban J connectivity index is 1.34. The monoisotopic (exact) mass is 738 g/mol. The molecule has 15 nitrogen and oxygen atoms in total. The van der Waals surface area contributed by atoms with Crippen molar-refractivity contribution >= 4 is 47.7 Å². The van der Waals surface area contributed by atoms with Crippen molar-refractivity contribution < 1.29 is 38.2 Å². The van der Waals surface area contributed by atoms with E-state index in [1.54, 1.807) is 19.2 Å². The second kappa shape index (κ2) is 18.5. The Labute approximate surface area is 313 Å². The molecule has 3 aromatic carbocycles. The summed E-state index contributed by atoms with van der Waals surface area (Å²) >= 11 is 0. The first-order valence-electron chi connectivity index (χ1n) is 17.7. The number of likely N-dealkylation sites (tertiary alicyclic amines) is 1. The molecule has 1 radical (unpaired) electrons. The molecule has 2 aliphatic rings. The largest absolute Gasteiger partial charge is 0.445 e. The molecule has 0 saturated carbocycles. The van der Waals surface area contributed by atoms with Gasteiger partial charge in [-0.3, -0.25) is 24.6 Å². The lowest BCUT2D eigenvalue weighted by atomic mass is 9.93. The van der Waals surface area contributed by atoms with Gasteiger partial charge in [0, 0.05) is 43.5 Å². The van der Waals surface area contributed by atoms with Crippen LogP contribution in [0.3, 0.4) is 0 Å². The predicted octanol–water partition coefficient (Wildman–Crippen LogP) is 2.81. The molecule has 3 aromatic rings. The van der Waals surface area contributed by atoms with Crippen molar-refractivity contribution in [1.82, 2.24) is 20.4 Å². The van der Waals surface area contributed by atoms with Crippen molar-refractivity contribution in [3.63, 3.8) is 0 Å². The van der Waals surface area contributed by atoms with E-state index < -0.39 is 47.8 Å². The Hall–Kier alpha value is -6.25. The van der Waals surface area contributed by atoms with Gasteiger partial charge in [0.1, 0.15) is 12.6 Å². The molecule has 0 aromatic heterocycles. The number of ketones is 1. The molecule has 6 N–H and O–H groups in total. The van der Waals surface area contributed by atoms with E-state index in [0.717, 1.165) is 11.1 Å². The van der Waals surface area contributed by atoms with Crippen LogP contribution in [0.2, 0.25) is 0 Å². The Bertz CT molecular complexity index is 1840. The van der Waals surface area contributed by atoms with Gasteiger partial charge in [-0.2, -0.15) is 0 Å². The second-order valence-electron chi connectivity index (χ2n) is 13.2. The summed E-state index contributed by atoms with van der Waals surface area (Å²) in [6, 6.07) is 21.1. The molecule has 15 heteroatoms. The van der Waals surface area contributed by atoms with Crippen LogP contribution in [0.5, 0.6) is 0 Å². The lowest BCUT2D eigenvalue weighted by Crippen LogP contribution is -2.53. The fourth-order valence-electron chi connectivity index (χ4n) is 6.82. The lowest BCUT2D eigenvalue weighted by Gasteiger charge is -2.31. The Morgan fingerprint density at radius 3 is 2.41 bits per heavy atom. The van der Waals surface area contributed by atoms with Gasteiger partial charge < -0.3 is 41.0 Å². The highest BCUT2D eigenvalue weighted by Crippen LogP contribution is 2.36. The first kappa shape index (κ1) is 39.0. The quantitative estimate of drug-likeness (QED) is 0.0731. The molecule has 5 rings (SSSR count). The van der Waals surface area contributed by atoms with Crippen LogP contribution in [0.4, 0.5) is 10.5 Å². The van der Waals surface area contributed by atoms with Crippen LogP contribution in [0.15, 0.2) is 78.9 Å². The third-order valence-electron chi connectivity index (χ3n) is 9.45. The molecular formula is C39H44N7O8. The van der Waals surface area contributed by atoms with Gasteiger partial charge >= 0.3 is 12.6 Å². The zero-order valence-corrected chi connectivity index (χ0v) is 29.9. The fraction of sp³-hybridized carbons (Fsp3) is 0.359. The van der Waals surface area contributed by atoms with Crippen LogP contribution >= 0.6 is 0 Å². The normalized spacial score (nSPS) is 16.0. The van der Waals surface area contributed by atoms with Gasteiger partial charge in [-0.05, 0) is 55.4 Å². The molecule has 54 heavy (non-hydrogen) atoms. The minimum absolute atomic E-state index is 0.0200. The molecule has 2 bridgehead atoms. The molecule has 283 valence electrons. The van der Waals surface area contributed by atoms with Gasteiger partial charge in [0.05, 0.1) is 12.0 Å². The number of anilines is 1. The third kappa shape index (κ3) is 9.79. The number of hydrogen-bond donors (Lipinski definition) is 5. The third-order valence-corrected chi connectivity index (χ3v) is 9.45. The number of carbonyl (C=O) groups is 5. The smallest absolute Gasteiger partial charge is 0.418 e. The lowest BCUT2D eigenvalue weighted by molar-refractivity contribution is -0.143. The van der Waals surface area contributed by atoms with Crippen LogP contribution < -0.4 is 21.7 Å². The maximum absolute atomic E-state index is 14.3. The number of nitrogens with zero attached hydrogens (tertiary/aromatic N) is 2. The van der Waals surface area contributed by atoms with Crippen molar-refractivity contribution in [3.8, 4) is 0 Å². The van der Waals surface area contributed by atoms with E-state index in [0.29, 0.717) is 24.9 Å². The average Bonchev–Trinajstić information content (AvgIpc) is 3.73. The topological polar surface area (TPSA) is 213 Å². The van der Waals surface area contributed by atoms with E-state index in [-0.39, 0.29) is 62.1 Å². The first-order chi connectivity index (χ1) is 26.1. The van der Waals surface area contributed by atoms with E-state index in [2.05, 4.69) is 16.0 Å². The molecule has 2 unspecified atom stereocenters. The summed E-state index contributed by atoms with van der Waals surface area (Å²) in [4.78, 5) is 82.5. The van der Waals surface area contributed by atoms with Crippen LogP contribution in [-0.2, 0) is 41.7 Å². The number of nitrogens with one attached hydrogen (secondary N) is 4. The Morgan fingerprint density at radius 2 is 1.74 bits per heavy atom. The standard InChI is InChI=1S/C39H44N7O8/c1-45(39(52)53-23-26-13-6-3-7-14-26)22-27(21-25-11-4-2-5-12-25)37(51)46-20-10-18-31(46)36(50)44-30(17-9-19-42-38(40)41)33(48)34(54-24-47)32-28-15-8-16-29(32)43-35(28)49/h2-8,11-16,27,30-31,34H,9-10,17-23H2,1H3,(H,43,49)(H,44,50)(H4,40,41,42)/t27?,30-,31-,34?/m0/s1. The van der Waals surface area contributed by atoms with E-state index in [4.69, 9.17) is 20.6 Å². The minimum Gasteiger partial charge on any atom is -0.445 e. The van der Waals surface area contributed by atoms with Crippen molar-refractivity contribution in [1.29, 1.82) is 5.41 Å². The Kier molecular flexibility index (Phi) is 13.3. The van der Waals surface area contributed by atoms with Crippen molar-refractivity contribution in [2.45, 2.75) is 56.9 Å². The summed E-state index contributed by atoms with van der Waals surface area (Å²) in [7, 11) is 1.56. The number of rotatable bonds is 18. The maximum atomic E-state index is 14.3. The number of carbonyl (C=O) groups excluding carboxylic acids is 6. The molecule has 1 fully saturated rings. The van der Waals surface area contributed by atoms with E-state index in [1.807, 2.05) is 60.7 Å². The second-order valence-corrected chi connectivity index (χ2v) is 13.2. The van der Waals surface area contributed by atoms with Crippen molar-refractivity contribution in [2.24, 2.45) is 11.7 Å². The molecule has 1 saturated heterocycles. The highest BCUT2D eigenvalue weighted by atomic mass is 16.6. The average molecular weight is 739 g/mol. The summed E-state index contributed by atoms with van der Waals surface area (Å²) < 4.78 is 10.6. The first-order valence-corrected chi connectivity index (χ1v) is 17.7. The van der Waals surface area contributed by atoms with Gasteiger partial charge in [-0.25, -0.2) is 9.59 Å². The van der Waals surface area contributed by atoms with Gasteiger partial charge in [0.25, 0.3) is 5.91 Å². The number of hydrogen-bond acceptors (Lipinski definition) is 9. The predicted molar refractivity (Wildman–Crippen MR) is 198 cm³/mol. The minimum atomic E-state index is -1.56. The maximum Gasteiger partial charge on any atom is 0.418 e. The summed E-state index contributed by atoms with van der Waals surface area (Å²) in [5.74, 6) is -3.09. The van der Waals surface area contributed by atoms with Crippen molar-refractivity contribution in [2.75, 3.05) is 32.0 Å². The highest BCUT2D eigenvalue weighted by Gasteiger charge is 2.42.